The molecule has 3 heteroatoms. The Kier molecular flexibility index (Phi) is 3.70. The molecular weight excluding hydrogens is 164 g/mol. The highest BCUT2D eigenvalue weighted by molar-refractivity contribution is 5.46. The zero-order valence-electron chi connectivity index (χ0n) is 7.71. The summed E-state index contributed by atoms with van der Waals surface area (Å²) in [6.07, 6.45) is 1.65. The standard InChI is InChI=1S/C10H14N2O/c1-3-11-8-12-9-4-6-10(13-2)7-5-9/h3-7,11-12H,1,8H2,2H3. The minimum absolute atomic E-state index is 0.676. The molecule has 0 saturated heterocycles. The monoisotopic (exact) mass is 178 g/mol. The summed E-state index contributed by atoms with van der Waals surface area (Å²) in [5.74, 6) is 0.863. The molecule has 0 fully saturated rings. The van der Waals surface area contributed by atoms with Crippen LogP contribution >= 0.6 is 0 Å². The molecule has 1 aromatic carbocycles. The first kappa shape index (κ1) is 9.45. The van der Waals surface area contributed by atoms with E-state index in [2.05, 4.69) is 17.2 Å². The lowest BCUT2D eigenvalue weighted by atomic mass is 10.3. The maximum absolute atomic E-state index is 5.04. The number of rotatable bonds is 5. The number of benzene rings is 1. The van der Waals surface area contributed by atoms with Gasteiger partial charge < -0.3 is 15.4 Å². The van der Waals surface area contributed by atoms with Crippen LogP contribution in [0.2, 0.25) is 0 Å². The van der Waals surface area contributed by atoms with Crippen molar-refractivity contribution in [2.45, 2.75) is 0 Å². The van der Waals surface area contributed by atoms with Crippen LogP contribution < -0.4 is 15.4 Å². The summed E-state index contributed by atoms with van der Waals surface area (Å²) in [6, 6.07) is 7.75. The van der Waals surface area contributed by atoms with E-state index < -0.39 is 0 Å². The second kappa shape index (κ2) is 5.09. The van der Waals surface area contributed by atoms with Gasteiger partial charge in [0.1, 0.15) is 5.75 Å². The van der Waals surface area contributed by atoms with Gasteiger partial charge in [0, 0.05) is 5.69 Å². The van der Waals surface area contributed by atoms with E-state index in [1.165, 1.54) is 0 Å². The van der Waals surface area contributed by atoms with Gasteiger partial charge in [0.25, 0.3) is 0 Å². The Morgan fingerprint density at radius 1 is 1.38 bits per heavy atom. The molecule has 0 aliphatic carbocycles. The molecule has 0 unspecified atom stereocenters. The van der Waals surface area contributed by atoms with E-state index in [0.717, 1.165) is 11.4 Å². The highest BCUT2D eigenvalue weighted by Gasteiger charge is 1.91. The van der Waals surface area contributed by atoms with E-state index in [1.54, 1.807) is 13.3 Å². The van der Waals surface area contributed by atoms with Gasteiger partial charge in [-0.05, 0) is 30.5 Å². The molecule has 3 nitrogen and oxygen atoms in total. The predicted octanol–water partition coefficient (Wildman–Crippen LogP) is 1.80. The zero-order chi connectivity index (χ0) is 9.52. The third kappa shape index (κ3) is 3.07. The van der Waals surface area contributed by atoms with E-state index in [9.17, 15) is 0 Å². The van der Waals surface area contributed by atoms with E-state index in [-0.39, 0.29) is 0 Å². The van der Waals surface area contributed by atoms with Crippen LogP contribution in [0.4, 0.5) is 5.69 Å². The van der Waals surface area contributed by atoms with Gasteiger partial charge in [0.2, 0.25) is 0 Å². The molecule has 0 spiro atoms. The molecule has 0 bridgehead atoms. The summed E-state index contributed by atoms with van der Waals surface area (Å²) < 4.78 is 5.04. The van der Waals surface area contributed by atoms with Gasteiger partial charge in [-0.1, -0.05) is 6.58 Å². The van der Waals surface area contributed by atoms with Crippen LogP contribution in [-0.2, 0) is 0 Å². The molecule has 1 aromatic rings. The van der Waals surface area contributed by atoms with Crippen molar-refractivity contribution < 1.29 is 4.74 Å². The zero-order valence-corrected chi connectivity index (χ0v) is 7.71. The molecule has 0 saturated carbocycles. The Hall–Kier alpha value is -1.64. The van der Waals surface area contributed by atoms with E-state index in [1.807, 2.05) is 24.3 Å². The van der Waals surface area contributed by atoms with E-state index >= 15 is 0 Å². The van der Waals surface area contributed by atoms with E-state index in [0.29, 0.717) is 6.67 Å². The van der Waals surface area contributed by atoms with Gasteiger partial charge in [0.15, 0.2) is 0 Å². The number of hydrogen-bond acceptors (Lipinski definition) is 3. The largest absolute Gasteiger partial charge is 0.497 e. The minimum Gasteiger partial charge on any atom is -0.497 e. The first-order valence-electron chi connectivity index (χ1n) is 4.09. The van der Waals surface area contributed by atoms with Gasteiger partial charge in [-0.3, -0.25) is 0 Å². The molecule has 1 rings (SSSR count). The highest BCUT2D eigenvalue weighted by atomic mass is 16.5. The fourth-order valence-electron chi connectivity index (χ4n) is 0.934. The predicted molar refractivity (Wildman–Crippen MR) is 54.8 cm³/mol. The van der Waals surface area contributed by atoms with Gasteiger partial charge >= 0.3 is 0 Å². The second-order valence-corrected chi connectivity index (χ2v) is 2.49. The normalized spacial score (nSPS) is 9.00. The fourth-order valence-corrected chi connectivity index (χ4v) is 0.934. The fraction of sp³-hybridized carbons (Fsp3) is 0.200. The van der Waals surface area contributed by atoms with Crippen LogP contribution in [0, 0.1) is 0 Å². The van der Waals surface area contributed by atoms with Crippen molar-refractivity contribution >= 4 is 5.69 Å². The van der Waals surface area contributed by atoms with Crippen molar-refractivity contribution in [3.63, 3.8) is 0 Å². The van der Waals surface area contributed by atoms with Crippen LogP contribution in [0.1, 0.15) is 0 Å². The first-order chi connectivity index (χ1) is 6.36. The number of nitrogens with one attached hydrogen (secondary N) is 2. The molecule has 0 atom stereocenters. The van der Waals surface area contributed by atoms with Gasteiger partial charge in [-0.15, -0.1) is 0 Å². The molecule has 0 aliphatic rings. The summed E-state index contributed by atoms with van der Waals surface area (Å²) in [5.41, 5.74) is 1.05. The first-order valence-corrected chi connectivity index (χ1v) is 4.09. The third-order valence-electron chi connectivity index (χ3n) is 1.63. The maximum Gasteiger partial charge on any atom is 0.119 e. The van der Waals surface area contributed by atoms with Crippen LogP contribution in [0.3, 0.4) is 0 Å². The minimum atomic E-state index is 0.676. The summed E-state index contributed by atoms with van der Waals surface area (Å²) in [5, 5.41) is 6.11. The Morgan fingerprint density at radius 2 is 2.08 bits per heavy atom. The summed E-state index contributed by atoms with van der Waals surface area (Å²) >= 11 is 0. The number of ether oxygens (including phenoxy) is 1. The number of hydrogen-bond donors (Lipinski definition) is 2. The lowest BCUT2D eigenvalue weighted by Crippen LogP contribution is -2.15. The summed E-state index contributed by atoms with van der Waals surface area (Å²) in [7, 11) is 1.65. The number of methoxy groups -OCH3 is 1. The highest BCUT2D eigenvalue weighted by Crippen LogP contribution is 2.14. The second-order valence-electron chi connectivity index (χ2n) is 2.49. The molecule has 13 heavy (non-hydrogen) atoms. The molecule has 0 heterocycles. The van der Waals surface area contributed by atoms with Crippen molar-refractivity contribution in [3.05, 3.63) is 37.0 Å². The molecule has 2 N–H and O–H groups in total. The van der Waals surface area contributed by atoms with Crippen molar-refractivity contribution in [3.8, 4) is 5.75 Å². The number of anilines is 1. The molecule has 0 amide bonds. The molecule has 0 aromatic heterocycles. The molecule has 0 radical (unpaired) electrons. The van der Waals surface area contributed by atoms with Crippen LogP contribution in [0.25, 0.3) is 0 Å². The Labute approximate surface area is 78.4 Å². The van der Waals surface area contributed by atoms with Crippen LogP contribution in [0.5, 0.6) is 5.75 Å². The third-order valence-corrected chi connectivity index (χ3v) is 1.63. The molecule has 0 aliphatic heterocycles. The maximum atomic E-state index is 5.04. The lowest BCUT2D eigenvalue weighted by Gasteiger charge is -2.06. The Bertz CT molecular complexity index is 256. The van der Waals surface area contributed by atoms with Crippen LogP contribution in [0.15, 0.2) is 37.0 Å². The SMILES string of the molecule is C=CNCNc1ccc(OC)cc1. The van der Waals surface area contributed by atoms with Gasteiger partial charge in [-0.2, -0.15) is 0 Å². The van der Waals surface area contributed by atoms with Gasteiger partial charge in [0.05, 0.1) is 13.8 Å². The van der Waals surface area contributed by atoms with Crippen molar-refractivity contribution in [2.24, 2.45) is 0 Å². The Morgan fingerprint density at radius 3 is 2.62 bits per heavy atom. The van der Waals surface area contributed by atoms with Crippen molar-refractivity contribution in [2.75, 3.05) is 19.1 Å². The van der Waals surface area contributed by atoms with Crippen molar-refractivity contribution in [1.82, 2.24) is 5.32 Å². The van der Waals surface area contributed by atoms with Gasteiger partial charge in [-0.25, -0.2) is 0 Å². The topological polar surface area (TPSA) is 33.3 Å². The van der Waals surface area contributed by atoms with Crippen LogP contribution in [-0.4, -0.2) is 13.8 Å². The molecule has 70 valence electrons. The molecular formula is C10H14N2O. The quantitative estimate of drug-likeness (QED) is 0.533. The summed E-state index contributed by atoms with van der Waals surface area (Å²) in [6.45, 7) is 4.22. The summed E-state index contributed by atoms with van der Waals surface area (Å²) in [4.78, 5) is 0. The van der Waals surface area contributed by atoms with Crippen molar-refractivity contribution in [1.29, 1.82) is 0 Å². The smallest absolute Gasteiger partial charge is 0.119 e. The van der Waals surface area contributed by atoms with E-state index in [4.69, 9.17) is 4.74 Å². The average molecular weight is 178 g/mol. The Balaban J connectivity index is 2.44. The lowest BCUT2D eigenvalue weighted by molar-refractivity contribution is 0.415. The average Bonchev–Trinajstić information content (AvgIpc) is 2.19.